The minimum Gasteiger partial charge on any atom is -0.497 e. The zero-order valence-corrected chi connectivity index (χ0v) is 11.3. The quantitative estimate of drug-likeness (QED) is 0.925. The Morgan fingerprint density at radius 1 is 1.21 bits per heavy atom. The fourth-order valence-electron chi connectivity index (χ4n) is 1.92. The molecule has 1 unspecified atom stereocenters. The highest BCUT2D eigenvalue weighted by atomic mass is 35.5. The van der Waals surface area contributed by atoms with Gasteiger partial charge >= 0.3 is 0 Å². The van der Waals surface area contributed by atoms with Crippen LogP contribution in [0.5, 0.6) is 5.75 Å². The zero-order valence-electron chi connectivity index (χ0n) is 10.6. The van der Waals surface area contributed by atoms with Crippen LogP contribution in [-0.4, -0.2) is 7.11 Å². The van der Waals surface area contributed by atoms with Crippen LogP contribution >= 0.6 is 11.6 Å². The molecule has 0 amide bonds. The van der Waals surface area contributed by atoms with Gasteiger partial charge in [-0.05, 0) is 41.8 Å². The van der Waals surface area contributed by atoms with Gasteiger partial charge in [-0.15, -0.1) is 0 Å². The molecule has 0 aliphatic heterocycles. The largest absolute Gasteiger partial charge is 0.497 e. The molecule has 0 bridgehead atoms. The maximum Gasteiger partial charge on any atom is 0.123 e. The van der Waals surface area contributed by atoms with Crippen LogP contribution in [0.15, 0.2) is 42.5 Å². The van der Waals surface area contributed by atoms with E-state index in [9.17, 15) is 4.39 Å². The van der Waals surface area contributed by atoms with Gasteiger partial charge in [0, 0.05) is 11.1 Å². The molecule has 2 rings (SSSR count). The van der Waals surface area contributed by atoms with Crippen molar-refractivity contribution in [3.8, 4) is 5.75 Å². The van der Waals surface area contributed by atoms with Gasteiger partial charge in [0.15, 0.2) is 0 Å². The molecule has 0 fully saturated rings. The zero-order chi connectivity index (χ0) is 13.8. The molecule has 19 heavy (non-hydrogen) atoms. The molecule has 4 heteroatoms. The maximum absolute atomic E-state index is 12.8. The molecular formula is C15H15ClFNO. The number of ether oxygens (including phenoxy) is 1. The van der Waals surface area contributed by atoms with E-state index < -0.39 is 0 Å². The van der Waals surface area contributed by atoms with Crippen LogP contribution in [0.4, 0.5) is 4.39 Å². The van der Waals surface area contributed by atoms with E-state index in [-0.39, 0.29) is 11.9 Å². The van der Waals surface area contributed by atoms with E-state index in [0.717, 1.165) is 11.1 Å². The average molecular weight is 280 g/mol. The smallest absolute Gasteiger partial charge is 0.123 e. The molecule has 2 aromatic carbocycles. The van der Waals surface area contributed by atoms with Gasteiger partial charge in [-0.25, -0.2) is 4.39 Å². The first-order chi connectivity index (χ1) is 9.10. The van der Waals surface area contributed by atoms with Gasteiger partial charge in [-0.3, -0.25) is 0 Å². The predicted octanol–water partition coefficient (Wildman–Crippen LogP) is 3.73. The van der Waals surface area contributed by atoms with E-state index in [1.165, 1.54) is 12.1 Å². The molecule has 0 heterocycles. The fourth-order valence-corrected chi connectivity index (χ4v) is 2.23. The Labute approximate surface area is 117 Å². The van der Waals surface area contributed by atoms with E-state index in [2.05, 4.69) is 0 Å². The van der Waals surface area contributed by atoms with E-state index in [1.54, 1.807) is 25.3 Å². The highest BCUT2D eigenvalue weighted by Gasteiger charge is 2.12. The molecular weight excluding hydrogens is 265 g/mol. The van der Waals surface area contributed by atoms with Crippen molar-refractivity contribution >= 4 is 11.6 Å². The van der Waals surface area contributed by atoms with Gasteiger partial charge in [-0.2, -0.15) is 0 Å². The molecule has 0 radical (unpaired) electrons. The van der Waals surface area contributed by atoms with Crippen LogP contribution in [-0.2, 0) is 6.42 Å². The Hall–Kier alpha value is -1.58. The Balaban J connectivity index is 2.15. The number of benzene rings is 2. The van der Waals surface area contributed by atoms with Crippen LogP contribution in [0.3, 0.4) is 0 Å². The Morgan fingerprint density at radius 2 is 1.89 bits per heavy atom. The average Bonchev–Trinajstić information content (AvgIpc) is 2.41. The van der Waals surface area contributed by atoms with E-state index >= 15 is 0 Å². The predicted molar refractivity (Wildman–Crippen MR) is 75.0 cm³/mol. The summed E-state index contributed by atoms with van der Waals surface area (Å²) in [4.78, 5) is 0. The monoisotopic (exact) mass is 279 g/mol. The summed E-state index contributed by atoms with van der Waals surface area (Å²) in [5.74, 6) is 0.447. The van der Waals surface area contributed by atoms with Gasteiger partial charge < -0.3 is 10.5 Å². The summed E-state index contributed by atoms with van der Waals surface area (Å²) in [6.45, 7) is 0. The van der Waals surface area contributed by atoms with Crippen molar-refractivity contribution in [1.29, 1.82) is 0 Å². The van der Waals surface area contributed by atoms with Gasteiger partial charge in [0.1, 0.15) is 11.6 Å². The van der Waals surface area contributed by atoms with Crippen LogP contribution < -0.4 is 10.5 Å². The summed E-state index contributed by atoms with van der Waals surface area (Å²) >= 11 is 6.17. The van der Waals surface area contributed by atoms with Gasteiger partial charge in [0.25, 0.3) is 0 Å². The molecule has 2 aromatic rings. The SMILES string of the molecule is COc1ccc(C(N)Cc2ccc(F)cc2)c(Cl)c1. The summed E-state index contributed by atoms with van der Waals surface area (Å²) < 4.78 is 17.9. The molecule has 0 aliphatic rings. The van der Waals surface area contributed by atoms with Crippen LogP contribution in [0.25, 0.3) is 0 Å². The van der Waals surface area contributed by atoms with E-state index in [4.69, 9.17) is 22.1 Å². The van der Waals surface area contributed by atoms with Crippen LogP contribution in [0.2, 0.25) is 5.02 Å². The Morgan fingerprint density at radius 3 is 2.47 bits per heavy atom. The summed E-state index contributed by atoms with van der Waals surface area (Å²) in [6.07, 6.45) is 0.604. The molecule has 1 atom stereocenters. The highest BCUT2D eigenvalue weighted by molar-refractivity contribution is 6.31. The summed E-state index contributed by atoms with van der Waals surface area (Å²) in [5, 5.41) is 0.578. The third-order valence-electron chi connectivity index (χ3n) is 2.98. The number of hydrogen-bond acceptors (Lipinski definition) is 2. The Kier molecular flexibility index (Phi) is 4.40. The van der Waals surface area contributed by atoms with Crippen molar-refractivity contribution in [2.45, 2.75) is 12.5 Å². The molecule has 0 saturated carbocycles. The second-order valence-electron chi connectivity index (χ2n) is 4.32. The minimum atomic E-state index is -0.250. The third-order valence-corrected chi connectivity index (χ3v) is 3.30. The van der Waals surface area contributed by atoms with Crippen molar-refractivity contribution < 1.29 is 9.13 Å². The van der Waals surface area contributed by atoms with E-state index in [1.807, 2.05) is 12.1 Å². The van der Waals surface area contributed by atoms with Gasteiger partial charge in [-0.1, -0.05) is 29.8 Å². The van der Waals surface area contributed by atoms with Crippen molar-refractivity contribution in [2.75, 3.05) is 7.11 Å². The molecule has 0 spiro atoms. The van der Waals surface area contributed by atoms with Crippen molar-refractivity contribution in [3.05, 3.63) is 64.4 Å². The summed E-state index contributed by atoms with van der Waals surface area (Å²) in [6, 6.07) is 11.5. The number of rotatable bonds is 4. The third kappa shape index (κ3) is 3.46. The first-order valence-corrected chi connectivity index (χ1v) is 6.31. The topological polar surface area (TPSA) is 35.2 Å². The molecule has 2 nitrogen and oxygen atoms in total. The number of halogens is 2. The Bertz CT molecular complexity index is 557. The lowest BCUT2D eigenvalue weighted by Crippen LogP contribution is -2.13. The second-order valence-corrected chi connectivity index (χ2v) is 4.73. The first kappa shape index (κ1) is 13.8. The summed E-state index contributed by atoms with van der Waals surface area (Å²) in [7, 11) is 1.59. The van der Waals surface area contributed by atoms with Crippen molar-refractivity contribution in [2.24, 2.45) is 5.73 Å². The molecule has 2 N–H and O–H groups in total. The van der Waals surface area contributed by atoms with Crippen LogP contribution in [0, 0.1) is 5.82 Å². The second kappa shape index (κ2) is 6.04. The van der Waals surface area contributed by atoms with Gasteiger partial charge in [0.2, 0.25) is 0 Å². The number of methoxy groups -OCH3 is 1. The fraction of sp³-hybridized carbons (Fsp3) is 0.200. The van der Waals surface area contributed by atoms with Crippen molar-refractivity contribution in [1.82, 2.24) is 0 Å². The molecule has 100 valence electrons. The lowest BCUT2D eigenvalue weighted by atomic mass is 9.99. The maximum atomic E-state index is 12.8. The highest BCUT2D eigenvalue weighted by Crippen LogP contribution is 2.28. The standard InChI is InChI=1S/C15H15ClFNO/c1-19-12-6-7-13(14(16)9-12)15(18)8-10-2-4-11(17)5-3-10/h2-7,9,15H,8,18H2,1H3. The number of hydrogen-bond donors (Lipinski definition) is 1. The van der Waals surface area contributed by atoms with Gasteiger partial charge in [0.05, 0.1) is 7.11 Å². The summed E-state index contributed by atoms with van der Waals surface area (Å²) in [5.41, 5.74) is 7.96. The first-order valence-electron chi connectivity index (χ1n) is 5.93. The normalized spacial score (nSPS) is 12.2. The lowest BCUT2D eigenvalue weighted by Gasteiger charge is -2.14. The van der Waals surface area contributed by atoms with Crippen molar-refractivity contribution in [3.63, 3.8) is 0 Å². The van der Waals surface area contributed by atoms with Crippen LogP contribution in [0.1, 0.15) is 17.2 Å². The molecule has 0 aromatic heterocycles. The lowest BCUT2D eigenvalue weighted by molar-refractivity contribution is 0.414. The van der Waals surface area contributed by atoms with E-state index in [0.29, 0.717) is 17.2 Å². The minimum absolute atomic E-state index is 0.233. The number of nitrogens with two attached hydrogens (primary N) is 1. The molecule has 0 saturated heterocycles. The molecule has 0 aliphatic carbocycles.